The van der Waals surface area contributed by atoms with Crippen molar-refractivity contribution >= 4 is 11.6 Å². The average molecular weight is 463 g/mol. The topological polar surface area (TPSA) is 42.0 Å². The van der Waals surface area contributed by atoms with Crippen molar-refractivity contribution in [3.8, 4) is 11.5 Å². The largest absolute Gasteiger partial charge is 0.493 e. The summed E-state index contributed by atoms with van der Waals surface area (Å²) in [7, 11) is 0. The minimum absolute atomic E-state index is 0.0381. The zero-order chi connectivity index (χ0) is 24.1. The van der Waals surface area contributed by atoms with Gasteiger partial charge in [-0.1, -0.05) is 18.2 Å². The lowest BCUT2D eigenvalue weighted by Gasteiger charge is -2.36. The Balaban J connectivity index is 1.46. The van der Waals surface area contributed by atoms with Gasteiger partial charge in [0.25, 0.3) is 5.91 Å². The predicted octanol–water partition coefficient (Wildman–Crippen LogP) is 5.38. The third-order valence-corrected chi connectivity index (χ3v) is 5.96. The van der Waals surface area contributed by atoms with E-state index in [-0.39, 0.29) is 11.7 Å². The van der Waals surface area contributed by atoms with Crippen molar-refractivity contribution in [1.82, 2.24) is 4.90 Å². The SMILES string of the molecule is CCOc1ccc(C(=O)N2CCN(c3ccccc3F)CC2)cc1COc1cc(C)cc(C)c1. The highest BCUT2D eigenvalue weighted by molar-refractivity contribution is 5.94. The molecule has 0 radical (unpaired) electrons. The van der Waals surface area contributed by atoms with Gasteiger partial charge >= 0.3 is 0 Å². The molecule has 34 heavy (non-hydrogen) atoms. The maximum absolute atomic E-state index is 14.1. The molecular weight excluding hydrogens is 431 g/mol. The number of anilines is 1. The standard InChI is InChI=1S/C28H31FN2O3/c1-4-33-27-10-9-22(18-23(27)19-34-24-16-20(2)15-21(3)17-24)28(32)31-13-11-30(12-14-31)26-8-6-5-7-25(26)29/h5-10,15-18H,4,11-14,19H2,1-3H3. The Bertz CT molecular complexity index is 1140. The molecule has 0 aliphatic carbocycles. The van der Waals surface area contributed by atoms with Crippen LogP contribution in [0, 0.1) is 19.7 Å². The van der Waals surface area contributed by atoms with Gasteiger partial charge in [-0.3, -0.25) is 4.79 Å². The predicted molar refractivity (Wildman–Crippen MR) is 132 cm³/mol. The first-order valence-electron chi connectivity index (χ1n) is 11.7. The highest BCUT2D eigenvalue weighted by Gasteiger charge is 2.24. The molecule has 0 unspecified atom stereocenters. The Morgan fingerprint density at radius 3 is 2.29 bits per heavy atom. The first-order chi connectivity index (χ1) is 16.4. The number of hydrogen-bond acceptors (Lipinski definition) is 4. The molecule has 0 bridgehead atoms. The minimum atomic E-state index is -0.234. The molecule has 4 rings (SSSR count). The van der Waals surface area contributed by atoms with E-state index in [0.29, 0.717) is 56.4 Å². The number of para-hydroxylation sites is 1. The molecule has 0 N–H and O–H groups in total. The van der Waals surface area contributed by atoms with Gasteiger partial charge in [-0.2, -0.15) is 0 Å². The van der Waals surface area contributed by atoms with Crippen LogP contribution in [0.1, 0.15) is 34.0 Å². The van der Waals surface area contributed by atoms with E-state index in [4.69, 9.17) is 9.47 Å². The molecule has 178 valence electrons. The third-order valence-electron chi connectivity index (χ3n) is 5.96. The van der Waals surface area contributed by atoms with E-state index in [9.17, 15) is 9.18 Å². The van der Waals surface area contributed by atoms with Crippen LogP contribution >= 0.6 is 0 Å². The summed E-state index contributed by atoms with van der Waals surface area (Å²) in [5, 5.41) is 0. The fraction of sp³-hybridized carbons (Fsp3) is 0.321. The molecule has 0 saturated carbocycles. The zero-order valence-electron chi connectivity index (χ0n) is 20.0. The van der Waals surface area contributed by atoms with Crippen LogP contribution in [-0.4, -0.2) is 43.6 Å². The van der Waals surface area contributed by atoms with E-state index in [1.165, 1.54) is 6.07 Å². The molecule has 1 saturated heterocycles. The molecular formula is C28H31FN2O3. The Labute approximate surface area is 200 Å². The highest BCUT2D eigenvalue weighted by atomic mass is 19.1. The summed E-state index contributed by atoms with van der Waals surface area (Å²) in [6.45, 7) is 9.10. The van der Waals surface area contributed by atoms with Crippen molar-refractivity contribution < 1.29 is 18.7 Å². The molecule has 0 atom stereocenters. The first kappa shape index (κ1) is 23.6. The monoisotopic (exact) mass is 462 g/mol. The summed E-state index contributed by atoms with van der Waals surface area (Å²) >= 11 is 0. The second-order valence-corrected chi connectivity index (χ2v) is 8.60. The second kappa shape index (κ2) is 10.6. The lowest BCUT2D eigenvalue weighted by molar-refractivity contribution is 0.0746. The van der Waals surface area contributed by atoms with E-state index in [1.54, 1.807) is 18.2 Å². The molecule has 0 aromatic heterocycles. The van der Waals surface area contributed by atoms with Crippen LogP contribution in [0.4, 0.5) is 10.1 Å². The molecule has 3 aromatic rings. The van der Waals surface area contributed by atoms with Gasteiger partial charge in [0.05, 0.1) is 12.3 Å². The number of carbonyl (C=O) groups excluding carboxylic acids is 1. The Morgan fingerprint density at radius 2 is 1.62 bits per heavy atom. The highest BCUT2D eigenvalue weighted by Crippen LogP contribution is 2.26. The van der Waals surface area contributed by atoms with Crippen molar-refractivity contribution in [3.63, 3.8) is 0 Å². The summed E-state index contributed by atoms with van der Waals surface area (Å²) in [6, 6.07) is 18.4. The molecule has 6 heteroatoms. The summed E-state index contributed by atoms with van der Waals surface area (Å²) in [4.78, 5) is 17.1. The van der Waals surface area contributed by atoms with Crippen LogP contribution in [-0.2, 0) is 6.61 Å². The molecule has 1 aliphatic heterocycles. The normalized spacial score (nSPS) is 13.6. The number of carbonyl (C=O) groups is 1. The fourth-order valence-electron chi connectivity index (χ4n) is 4.34. The van der Waals surface area contributed by atoms with Gasteiger partial charge in [0, 0.05) is 37.3 Å². The lowest BCUT2D eigenvalue weighted by atomic mass is 10.1. The third kappa shape index (κ3) is 5.50. The summed E-state index contributed by atoms with van der Waals surface area (Å²) in [5.41, 5.74) is 4.29. The van der Waals surface area contributed by atoms with E-state index in [2.05, 4.69) is 6.07 Å². The van der Waals surface area contributed by atoms with Gasteiger partial charge in [-0.15, -0.1) is 0 Å². The van der Waals surface area contributed by atoms with E-state index in [0.717, 1.165) is 22.4 Å². The van der Waals surface area contributed by atoms with Crippen molar-refractivity contribution in [2.24, 2.45) is 0 Å². The van der Waals surface area contributed by atoms with E-state index < -0.39 is 0 Å². The molecule has 1 aliphatic rings. The van der Waals surface area contributed by atoms with Crippen LogP contribution in [0.3, 0.4) is 0 Å². The van der Waals surface area contributed by atoms with Crippen molar-refractivity contribution in [1.29, 1.82) is 0 Å². The zero-order valence-corrected chi connectivity index (χ0v) is 20.0. The van der Waals surface area contributed by atoms with Crippen LogP contribution in [0.2, 0.25) is 0 Å². The van der Waals surface area contributed by atoms with Crippen LogP contribution in [0.5, 0.6) is 11.5 Å². The first-order valence-corrected chi connectivity index (χ1v) is 11.7. The number of hydrogen-bond donors (Lipinski definition) is 0. The van der Waals surface area contributed by atoms with Gasteiger partial charge < -0.3 is 19.3 Å². The summed E-state index contributed by atoms with van der Waals surface area (Å²) in [6.07, 6.45) is 0. The van der Waals surface area contributed by atoms with Crippen molar-refractivity contribution in [2.45, 2.75) is 27.4 Å². The number of rotatable bonds is 7. The maximum atomic E-state index is 14.1. The number of benzene rings is 3. The molecule has 1 amide bonds. The van der Waals surface area contributed by atoms with E-state index >= 15 is 0 Å². The van der Waals surface area contributed by atoms with Crippen molar-refractivity contribution in [3.05, 3.63) is 88.7 Å². The fourth-order valence-corrected chi connectivity index (χ4v) is 4.34. The second-order valence-electron chi connectivity index (χ2n) is 8.60. The summed E-state index contributed by atoms with van der Waals surface area (Å²) < 4.78 is 26.0. The van der Waals surface area contributed by atoms with Crippen LogP contribution in [0.25, 0.3) is 0 Å². The van der Waals surface area contributed by atoms with Gasteiger partial charge in [-0.05, 0) is 74.4 Å². The smallest absolute Gasteiger partial charge is 0.253 e. The number of amides is 1. The Hall–Kier alpha value is -3.54. The quantitative estimate of drug-likeness (QED) is 0.473. The Morgan fingerprint density at radius 1 is 0.912 bits per heavy atom. The van der Waals surface area contributed by atoms with Crippen LogP contribution in [0.15, 0.2) is 60.7 Å². The Kier molecular flexibility index (Phi) is 7.36. The summed E-state index contributed by atoms with van der Waals surface area (Å²) in [5.74, 6) is 1.24. The molecule has 0 spiro atoms. The average Bonchev–Trinajstić information content (AvgIpc) is 2.83. The van der Waals surface area contributed by atoms with Gasteiger partial charge in [-0.25, -0.2) is 4.39 Å². The maximum Gasteiger partial charge on any atom is 0.253 e. The number of ether oxygens (including phenoxy) is 2. The number of aryl methyl sites for hydroxylation is 2. The molecule has 3 aromatic carbocycles. The molecule has 5 nitrogen and oxygen atoms in total. The van der Waals surface area contributed by atoms with Crippen LogP contribution < -0.4 is 14.4 Å². The van der Waals surface area contributed by atoms with Gasteiger partial charge in [0.2, 0.25) is 0 Å². The van der Waals surface area contributed by atoms with E-state index in [1.807, 2.05) is 60.9 Å². The molecule has 1 heterocycles. The number of nitrogens with zero attached hydrogens (tertiary/aromatic N) is 2. The van der Waals surface area contributed by atoms with Crippen molar-refractivity contribution in [2.75, 3.05) is 37.7 Å². The number of halogens is 1. The number of piperazine rings is 1. The molecule has 1 fully saturated rings. The minimum Gasteiger partial charge on any atom is -0.493 e. The van der Waals surface area contributed by atoms with Gasteiger partial charge in [0.15, 0.2) is 0 Å². The van der Waals surface area contributed by atoms with Gasteiger partial charge in [0.1, 0.15) is 23.9 Å². The lowest BCUT2D eigenvalue weighted by Crippen LogP contribution is -2.49.